The summed E-state index contributed by atoms with van der Waals surface area (Å²) >= 11 is 0. The molecule has 2 aliphatic heterocycles. The van der Waals surface area contributed by atoms with E-state index in [2.05, 4.69) is 5.32 Å². The lowest BCUT2D eigenvalue weighted by atomic mass is 9.72. The quantitative estimate of drug-likeness (QED) is 0.697. The van der Waals surface area contributed by atoms with Gasteiger partial charge in [0.25, 0.3) is 0 Å². The molecule has 0 unspecified atom stereocenters. The molecule has 0 atom stereocenters. The predicted octanol–water partition coefficient (Wildman–Crippen LogP) is 0.178. The van der Waals surface area contributed by atoms with Crippen LogP contribution in [0.1, 0.15) is 12.8 Å². The van der Waals surface area contributed by atoms with E-state index in [9.17, 15) is 4.79 Å². The fraction of sp³-hybridized carbons (Fsp3) is 0.889. The molecule has 0 bridgehead atoms. The van der Waals surface area contributed by atoms with E-state index in [4.69, 9.17) is 5.11 Å². The van der Waals surface area contributed by atoms with Crippen molar-refractivity contribution in [3.8, 4) is 0 Å². The Kier molecular flexibility index (Phi) is 3.75. The Morgan fingerprint density at radius 2 is 1.93 bits per heavy atom. The van der Waals surface area contributed by atoms with E-state index in [1.807, 2.05) is 4.90 Å². The van der Waals surface area contributed by atoms with Gasteiger partial charge in [0.2, 0.25) is 0 Å². The molecule has 0 saturated carbocycles. The highest BCUT2D eigenvalue weighted by Crippen LogP contribution is 2.38. The van der Waals surface area contributed by atoms with Gasteiger partial charge in [-0.1, -0.05) is 0 Å². The monoisotopic (exact) mass is 220 g/mol. The van der Waals surface area contributed by atoms with Crippen molar-refractivity contribution in [3.05, 3.63) is 0 Å². The Bertz CT molecular complexity index is 209. The first-order valence-corrected chi connectivity index (χ1v) is 4.85. The fourth-order valence-corrected chi connectivity index (χ4v) is 2.48. The summed E-state index contributed by atoms with van der Waals surface area (Å²) in [5.41, 5.74) is 0.459. The molecule has 2 saturated heterocycles. The van der Waals surface area contributed by atoms with Gasteiger partial charge in [0.1, 0.15) is 0 Å². The maximum Gasteiger partial charge on any atom is 0.317 e. The molecule has 4 nitrogen and oxygen atoms in total. The summed E-state index contributed by atoms with van der Waals surface area (Å²) in [5.74, 6) is -0.705. The number of piperidine rings is 1. The summed E-state index contributed by atoms with van der Waals surface area (Å²) in [6.07, 6.45) is 2.42. The van der Waals surface area contributed by atoms with E-state index < -0.39 is 5.97 Å². The van der Waals surface area contributed by atoms with Crippen LogP contribution in [0.2, 0.25) is 0 Å². The maximum absolute atomic E-state index is 10.4. The third-order valence-electron chi connectivity index (χ3n) is 3.14. The molecule has 0 aliphatic carbocycles. The van der Waals surface area contributed by atoms with Gasteiger partial charge in [-0.2, -0.15) is 0 Å². The molecule has 5 heteroatoms. The first kappa shape index (κ1) is 11.8. The molecule has 2 N–H and O–H groups in total. The molecule has 0 amide bonds. The van der Waals surface area contributed by atoms with Crippen molar-refractivity contribution >= 4 is 18.4 Å². The summed E-state index contributed by atoms with van der Waals surface area (Å²) in [7, 11) is 0. The Hall–Kier alpha value is -0.320. The first-order valence-electron chi connectivity index (χ1n) is 4.85. The molecule has 2 aliphatic rings. The second kappa shape index (κ2) is 4.47. The number of carbonyl (C=O) groups is 1. The van der Waals surface area contributed by atoms with Gasteiger partial charge in [-0.25, -0.2) is 0 Å². The van der Waals surface area contributed by atoms with Gasteiger partial charge in [-0.05, 0) is 31.3 Å². The zero-order valence-electron chi connectivity index (χ0n) is 8.16. The summed E-state index contributed by atoms with van der Waals surface area (Å²) < 4.78 is 0. The Labute approximate surface area is 90.1 Å². The molecule has 2 rings (SSSR count). The van der Waals surface area contributed by atoms with Gasteiger partial charge in [0.05, 0.1) is 6.54 Å². The number of hydrogen-bond donors (Lipinski definition) is 2. The molecular formula is C9H17ClN2O2. The molecule has 2 heterocycles. The third kappa shape index (κ3) is 2.38. The topological polar surface area (TPSA) is 52.6 Å². The van der Waals surface area contributed by atoms with E-state index in [0.29, 0.717) is 5.41 Å². The fourth-order valence-electron chi connectivity index (χ4n) is 2.48. The van der Waals surface area contributed by atoms with Crippen molar-refractivity contribution in [2.24, 2.45) is 5.41 Å². The highest BCUT2D eigenvalue weighted by molar-refractivity contribution is 5.85. The highest BCUT2D eigenvalue weighted by Gasteiger charge is 2.43. The lowest BCUT2D eigenvalue weighted by molar-refractivity contribution is -0.142. The minimum Gasteiger partial charge on any atom is -0.480 e. The molecule has 0 aromatic heterocycles. The van der Waals surface area contributed by atoms with Crippen LogP contribution in [0.4, 0.5) is 0 Å². The van der Waals surface area contributed by atoms with Gasteiger partial charge in [-0.15, -0.1) is 12.4 Å². The third-order valence-corrected chi connectivity index (χ3v) is 3.14. The van der Waals surface area contributed by atoms with Crippen molar-refractivity contribution in [1.29, 1.82) is 0 Å². The Balaban J connectivity index is 0.000000980. The van der Waals surface area contributed by atoms with Gasteiger partial charge in [-0.3, -0.25) is 9.69 Å². The largest absolute Gasteiger partial charge is 0.480 e. The van der Waals surface area contributed by atoms with E-state index in [1.165, 1.54) is 12.8 Å². The lowest BCUT2D eigenvalue weighted by Crippen LogP contribution is -2.60. The van der Waals surface area contributed by atoms with Crippen molar-refractivity contribution in [3.63, 3.8) is 0 Å². The van der Waals surface area contributed by atoms with Crippen LogP contribution in [0.15, 0.2) is 0 Å². The van der Waals surface area contributed by atoms with Crippen molar-refractivity contribution < 1.29 is 9.90 Å². The van der Waals surface area contributed by atoms with Crippen LogP contribution < -0.4 is 5.32 Å². The van der Waals surface area contributed by atoms with Crippen LogP contribution in [0.5, 0.6) is 0 Å². The Morgan fingerprint density at radius 1 is 1.36 bits per heavy atom. The van der Waals surface area contributed by atoms with E-state index in [0.717, 1.165) is 26.2 Å². The average Bonchev–Trinajstić information content (AvgIpc) is 2.02. The number of nitrogens with zero attached hydrogens (tertiary/aromatic N) is 1. The molecule has 1 spiro atoms. The molecule has 14 heavy (non-hydrogen) atoms. The van der Waals surface area contributed by atoms with Crippen LogP contribution in [-0.4, -0.2) is 48.7 Å². The number of aliphatic carboxylic acids is 1. The normalized spacial score (nSPS) is 25.1. The highest BCUT2D eigenvalue weighted by atomic mass is 35.5. The second-order valence-electron chi connectivity index (χ2n) is 4.29. The number of carboxylic acids is 1. The van der Waals surface area contributed by atoms with Gasteiger partial charge in [0.15, 0.2) is 0 Å². The molecular weight excluding hydrogens is 204 g/mol. The number of hydrogen-bond acceptors (Lipinski definition) is 3. The summed E-state index contributed by atoms with van der Waals surface area (Å²) in [4.78, 5) is 12.4. The summed E-state index contributed by atoms with van der Waals surface area (Å²) in [6.45, 7) is 4.39. The van der Waals surface area contributed by atoms with Crippen LogP contribution in [0.3, 0.4) is 0 Å². The number of nitrogens with one attached hydrogen (secondary N) is 1. The average molecular weight is 221 g/mol. The van der Waals surface area contributed by atoms with Gasteiger partial charge < -0.3 is 10.4 Å². The first-order chi connectivity index (χ1) is 6.20. The van der Waals surface area contributed by atoms with Crippen molar-refractivity contribution in [2.75, 3.05) is 32.7 Å². The zero-order valence-corrected chi connectivity index (χ0v) is 8.98. The van der Waals surface area contributed by atoms with Crippen LogP contribution in [0, 0.1) is 5.41 Å². The SMILES string of the molecule is Cl.O=C(O)CN1CC2(CCNCC2)C1. The van der Waals surface area contributed by atoms with Gasteiger partial charge >= 0.3 is 5.97 Å². The van der Waals surface area contributed by atoms with E-state index in [-0.39, 0.29) is 19.0 Å². The Morgan fingerprint density at radius 3 is 2.43 bits per heavy atom. The molecule has 2 fully saturated rings. The smallest absolute Gasteiger partial charge is 0.317 e. The molecule has 0 aromatic carbocycles. The summed E-state index contributed by atoms with van der Waals surface area (Å²) in [6, 6.07) is 0. The molecule has 0 aromatic rings. The van der Waals surface area contributed by atoms with E-state index >= 15 is 0 Å². The zero-order chi connectivity index (χ0) is 9.31. The summed E-state index contributed by atoms with van der Waals surface area (Å²) in [5, 5.41) is 11.9. The number of likely N-dealkylation sites (tertiary alicyclic amines) is 1. The lowest BCUT2D eigenvalue weighted by Gasteiger charge is -2.52. The number of halogens is 1. The van der Waals surface area contributed by atoms with Crippen LogP contribution in [0.25, 0.3) is 0 Å². The van der Waals surface area contributed by atoms with Crippen molar-refractivity contribution in [1.82, 2.24) is 10.2 Å². The maximum atomic E-state index is 10.4. The predicted molar refractivity (Wildman–Crippen MR) is 55.9 cm³/mol. The van der Waals surface area contributed by atoms with Crippen molar-refractivity contribution in [2.45, 2.75) is 12.8 Å². The van der Waals surface area contributed by atoms with E-state index in [1.54, 1.807) is 0 Å². The van der Waals surface area contributed by atoms with Crippen LogP contribution in [-0.2, 0) is 4.79 Å². The molecule has 82 valence electrons. The minimum atomic E-state index is -0.705. The second-order valence-corrected chi connectivity index (χ2v) is 4.29. The van der Waals surface area contributed by atoms with Gasteiger partial charge in [0, 0.05) is 13.1 Å². The number of carboxylic acid groups (broad SMARTS) is 1. The van der Waals surface area contributed by atoms with Crippen LogP contribution >= 0.6 is 12.4 Å². The standard InChI is InChI=1S/C9H16N2O2.ClH/c12-8(13)5-11-6-9(7-11)1-3-10-4-2-9;/h10H,1-7H2,(H,12,13);1H. The minimum absolute atomic E-state index is 0. The number of rotatable bonds is 2. The molecule has 0 radical (unpaired) electrons.